The molecule has 0 aromatic carbocycles. The molecule has 0 amide bonds. The molecule has 2 heterocycles. The molecular weight excluding hydrogens is 290 g/mol. The second-order valence-electron chi connectivity index (χ2n) is 7.15. The molecule has 4 nitrogen and oxygen atoms in total. The average molecular weight is 319 g/mol. The number of nitrogens with zero attached hydrogens (tertiary/aromatic N) is 1. The Bertz CT molecular complexity index is 524. The predicted octanol–water partition coefficient (Wildman–Crippen LogP) is 3.79. The van der Waals surface area contributed by atoms with Gasteiger partial charge in [0, 0.05) is 6.42 Å². The monoisotopic (exact) mass is 319 g/mol. The maximum atomic E-state index is 12.5. The first-order valence-corrected chi connectivity index (χ1v) is 9.12. The Balaban J connectivity index is 1.58. The number of piperidine rings is 1. The van der Waals surface area contributed by atoms with E-state index in [0.29, 0.717) is 6.61 Å². The van der Waals surface area contributed by atoms with Crippen LogP contribution in [0.15, 0.2) is 16.5 Å². The molecule has 1 saturated heterocycles. The first kappa shape index (κ1) is 16.6. The van der Waals surface area contributed by atoms with Crippen molar-refractivity contribution in [1.29, 1.82) is 0 Å². The van der Waals surface area contributed by atoms with Crippen molar-refractivity contribution in [3.8, 4) is 0 Å². The molecule has 0 unspecified atom stereocenters. The van der Waals surface area contributed by atoms with Crippen LogP contribution in [0.4, 0.5) is 0 Å². The highest BCUT2D eigenvalue weighted by atomic mass is 16.5. The van der Waals surface area contributed by atoms with Gasteiger partial charge in [0.1, 0.15) is 11.5 Å². The van der Waals surface area contributed by atoms with Gasteiger partial charge in [-0.3, -0.25) is 9.69 Å². The van der Waals surface area contributed by atoms with Gasteiger partial charge in [0.2, 0.25) is 0 Å². The lowest BCUT2D eigenvalue weighted by Gasteiger charge is -2.39. The minimum atomic E-state index is -0.231. The predicted molar refractivity (Wildman–Crippen MR) is 89.0 cm³/mol. The highest BCUT2D eigenvalue weighted by Crippen LogP contribution is 2.46. The highest BCUT2D eigenvalue weighted by Gasteiger charge is 2.46. The zero-order valence-electron chi connectivity index (χ0n) is 14.5. The van der Waals surface area contributed by atoms with Crippen LogP contribution in [0.2, 0.25) is 0 Å². The number of rotatable bonds is 7. The molecule has 0 atom stereocenters. The Morgan fingerprint density at radius 1 is 1.26 bits per heavy atom. The lowest BCUT2D eigenvalue weighted by atomic mass is 9.74. The second kappa shape index (κ2) is 7.08. The van der Waals surface area contributed by atoms with E-state index < -0.39 is 0 Å². The lowest BCUT2D eigenvalue weighted by Crippen LogP contribution is -2.45. The molecule has 1 aromatic heterocycles. The third kappa shape index (κ3) is 3.97. The minimum Gasteiger partial charge on any atom is -0.466 e. The third-order valence-electron chi connectivity index (χ3n) is 5.34. The summed E-state index contributed by atoms with van der Waals surface area (Å²) in [6, 6.07) is 4.14. The maximum absolute atomic E-state index is 12.5. The molecule has 2 fully saturated rings. The number of ether oxygens (including phenoxy) is 1. The summed E-state index contributed by atoms with van der Waals surface area (Å²) < 4.78 is 11.2. The Kier molecular flexibility index (Phi) is 5.10. The van der Waals surface area contributed by atoms with Crippen LogP contribution in [-0.4, -0.2) is 30.6 Å². The fourth-order valence-corrected chi connectivity index (χ4v) is 3.71. The number of aryl methyl sites for hydroxylation is 1. The van der Waals surface area contributed by atoms with E-state index in [1.54, 1.807) is 0 Å². The molecule has 2 aliphatic rings. The summed E-state index contributed by atoms with van der Waals surface area (Å²) in [4.78, 5) is 14.9. The van der Waals surface area contributed by atoms with Gasteiger partial charge in [-0.2, -0.15) is 0 Å². The topological polar surface area (TPSA) is 42.7 Å². The van der Waals surface area contributed by atoms with Gasteiger partial charge in [-0.25, -0.2) is 0 Å². The van der Waals surface area contributed by atoms with Gasteiger partial charge in [-0.05, 0) is 57.3 Å². The fraction of sp³-hybridized carbons (Fsp3) is 0.737. The summed E-state index contributed by atoms with van der Waals surface area (Å²) in [7, 11) is 0. The van der Waals surface area contributed by atoms with Crippen LogP contribution < -0.4 is 0 Å². The van der Waals surface area contributed by atoms with Crippen molar-refractivity contribution >= 4 is 5.97 Å². The zero-order valence-corrected chi connectivity index (χ0v) is 14.5. The molecule has 0 radical (unpaired) electrons. The number of hydrogen-bond donors (Lipinski definition) is 0. The average Bonchev–Trinajstić information content (AvgIpc) is 3.25. The van der Waals surface area contributed by atoms with Crippen molar-refractivity contribution in [2.45, 2.75) is 58.9 Å². The molecule has 1 aliphatic carbocycles. The largest absolute Gasteiger partial charge is 0.466 e. The van der Waals surface area contributed by atoms with Crippen molar-refractivity contribution in [1.82, 2.24) is 4.90 Å². The normalized spacial score (nSPS) is 21.3. The van der Waals surface area contributed by atoms with E-state index >= 15 is 0 Å². The molecular formula is C19H29NO3. The Morgan fingerprint density at radius 3 is 2.52 bits per heavy atom. The Labute approximate surface area is 139 Å². The molecule has 0 N–H and O–H groups in total. The second-order valence-corrected chi connectivity index (χ2v) is 7.15. The van der Waals surface area contributed by atoms with Crippen molar-refractivity contribution < 1.29 is 13.9 Å². The van der Waals surface area contributed by atoms with Crippen LogP contribution in [0.25, 0.3) is 0 Å². The molecule has 128 valence electrons. The van der Waals surface area contributed by atoms with E-state index in [4.69, 9.17) is 9.15 Å². The first-order valence-electron chi connectivity index (χ1n) is 9.12. The van der Waals surface area contributed by atoms with Gasteiger partial charge in [0.15, 0.2) is 0 Å². The maximum Gasteiger partial charge on any atom is 0.312 e. The number of likely N-dealkylation sites (tertiary alicyclic amines) is 1. The zero-order chi connectivity index (χ0) is 16.3. The van der Waals surface area contributed by atoms with E-state index in [2.05, 4.69) is 24.0 Å². The first-order chi connectivity index (χ1) is 11.1. The van der Waals surface area contributed by atoms with Crippen molar-refractivity contribution in [2.75, 3.05) is 19.7 Å². The van der Waals surface area contributed by atoms with Gasteiger partial charge < -0.3 is 9.15 Å². The van der Waals surface area contributed by atoms with E-state index in [-0.39, 0.29) is 11.4 Å². The number of hydrogen-bond acceptors (Lipinski definition) is 4. The molecule has 3 rings (SSSR count). The van der Waals surface area contributed by atoms with Crippen LogP contribution >= 0.6 is 0 Å². The smallest absolute Gasteiger partial charge is 0.312 e. The Hall–Kier alpha value is -1.29. The molecule has 1 aliphatic heterocycles. The number of esters is 1. The molecule has 23 heavy (non-hydrogen) atoms. The molecule has 0 spiro atoms. The number of carbonyl (C=O) groups excluding carboxylic acids is 1. The van der Waals surface area contributed by atoms with Crippen LogP contribution in [0.5, 0.6) is 0 Å². The number of carbonyl (C=O) groups is 1. The summed E-state index contributed by atoms with van der Waals surface area (Å²) in [6.07, 6.45) is 6.38. The van der Waals surface area contributed by atoms with Crippen molar-refractivity contribution in [3.63, 3.8) is 0 Å². The summed E-state index contributed by atoms with van der Waals surface area (Å²) in [5.41, 5.74) is -0.231. The molecule has 4 heteroatoms. The van der Waals surface area contributed by atoms with Crippen LogP contribution in [0.1, 0.15) is 57.5 Å². The van der Waals surface area contributed by atoms with Gasteiger partial charge in [-0.1, -0.05) is 19.8 Å². The Morgan fingerprint density at radius 2 is 1.96 bits per heavy atom. The lowest BCUT2D eigenvalue weighted by molar-refractivity contribution is -0.159. The highest BCUT2D eigenvalue weighted by molar-refractivity contribution is 5.77. The van der Waals surface area contributed by atoms with Gasteiger partial charge >= 0.3 is 5.97 Å². The minimum absolute atomic E-state index is 0.0396. The van der Waals surface area contributed by atoms with Crippen molar-refractivity contribution in [2.24, 2.45) is 11.3 Å². The SMILES string of the molecule is CCOC(=O)C1(CC2CC2)CCN(Cc2ccc(CC)o2)CC1. The van der Waals surface area contributed by atoms with Crippen LogP contribution in [-0.2, 0) is 22.5 Å². The van der Waals surface area contributed by atoms with E-state index in [9.17, 15) is 4.79 Å². The summed E-state index contributed by atoms with van der Waals surface area (Å²) in [6.45, 7) is 7.25. The standard InChI is InChI=1S/C19H29NO3/c1-3-16-7-8-17(23-16)14-20-11-9-19(10-12-20,13-15-5-6-15)18(21)22-4-2/h7-8,15H,3-6,9-14H2,1-2H3. The van der Waals surface area contributed by atoms with Gasteiger partial charge in [0.25, 0.3) is 0 Å². The molecule has 1 saturated carbocycles. The number of furan rings is 1. The third-order valence-corrected chi connectivity index (χ3v) is 5.34. The van der Waals surface area contributed by atoms with Crippen molar-refractivity contribution in [3.05, 3.63) is 23.7 Å². The summed E-state index contributed by atoms with van der Waals surface area (Å²) >= 11 is 0. The van der Waals surface area contributed by atoms with Crippen LogP contribution in [0, 0.1) is 11.3 Å². The summed E-state index contributed by atoms with van der Waals surface area (Å²) in [5.74, 6) is 2.88. The van der Waals surface area contributed by atoms with Gasteiger partial charge in [-0.15, -0.1) is 0 Å². The molecule has 0 bridgehead atoms. The van der Waals surface area contributed by atoms with E-state index in [1.807, 2.05) is 6.92 Å². The summed E-state index contributed by atoms with van der Waals surface area (Å²) in [5, 5.41) is 0. The van der Waals surface area contributed by atoms with E-state index in [0.717, 1.165) is 62.8 Å². The fourth-order valence-electron chi connectivity index (χ4n) is 3.71. The quantitative estimate of drug-likeness (QED) is 0.717. The van der Waals surface area contributed by atoms with Crippen LogP contribution in [0.3, 0.4) is 0 Å². The van der Waals surface area contributed by atoms with Gasteiger partial charge in [0.05, 0.1) is 18.6 Å². The van der Waals surface area contributed by atoms with E-state index in [1.165, 1.54) is 12.8 Å². The molecule has 1 aromatic rings.